The zero-order valence-electron chi connectivity index (χ0n) is 21.9. The number of hydrogen-bond acceptors (Lipinski definition) is 6. The van der Waals surface area contributed by atoms with Crippen molar-refractivity contribution in [3.63, 3.8) is 0 Å². The average molecular weight is 559 g/mol. The predicted molar refractivity (Wildman–Crippen MR) is 154 cm³/mol. The number of rotatable bonds is 10. The summed E-state index contributed by atoms with van der Waals surface area (Å²) in [6.45, 7) is 2.01. The highest BCUT2D eigenvalue weighted by molar-refractivity contribution is 8.00. The Hall–Kier alpha value is -4.37. The first-order valence-corrected chi connectivity index (χ1v) is 13.8. The number of carbonyl (C=O) groups excluding carboxylic acids is 3. The van der Waals surface area contributed by atoms with E-state index in [1.54, 1.807) is 55.5 Å². The van der Waals surface area contributed by atoms with Crippen LogP contribution in [0.4, 0.5) is 11.4 Å². The molecule has 206 valence electrons. The van der Waals surface area contributed by atoms with E-state index in [1.807, 2.05) is 42.5 Å². The summed E-state index contributed by atoms with van der Waals surface area (Å²) in [5, 5.41) is 14.7. The molecule has 4 rings (SSSR count). The lowest BCUT2D eigenvalue weighted by Crippen LogP contribution is -2.34. The van der Waals surface area contributed by atoms with Crippen LogP contribution >= 0.6 is 11.8 Å². The second kappa shape index (κ2) is 13.6. The van der Waals surface area contributed by atoms with E-state index >= 15 is 0 Å². The molecule has 0 bridgehead atoms. The number of hydrogen-bond donors (Lipinski definition) is 3. The summed E-state index contributed by atoms with van der Waals surface area (Å²) in [5.74, 6) is -3.43. The molecular weight excluding hydrogens is 528 g/mol. The van der Waals surface area contributed by atoms with Gasteiger partial charge in [0.1, 0.15) is 5.25 Å². The molecule has 0 radical (unpaired) electrons. The fraction of sp³-hybridized carbons (Fsp3) is 0.226. The average Bonchev–Trinajstić information content (AvgIpc) is 2.97. The molecule has 3 atom stereocenters. The second-order valence-corrected chi connectivity index (χ2v) is 10.4. The summed E-state index contributed by atoms with van der Waals surface area (Å²) in [6, 6.07) is 23.0. The molecule has 0 heterocycles. The van der Waals surface area contributed by atoms with Crippen LogP contribution in [0.1, 0.15) is 40.9 Å². The Balaban J connectivity index is 1.49. The van der Waals surface area contributed by atoms with E-state index in [2.05, 4.69) is 10.6 Å². The summed E-state index contributed by atoms with van der Waals surface area (Å²) in [7, 11) is 0. The number of nitrogens with one attached hydrogen (secondary N) is 2. The maximum absolute atomic E-state index is 13.5. The maximum Gasteiger partial charge on any atom is 0.338 e. The number of ether oxygens (including phenoxy) is 1. The largest absolute Gasteiger partial charge is 0.481 e. The van der Waals surface area contributed by atoms with Crippen LogP contribution in [0.2, 0.25) is 0 Å². The van der Waals surface area contributed by atoms with Gasteiger partial charge in [-0.3, -0.25) is 14.4 Å². The van der Waals surface area contributed by atoms with Gasteiger partial charge in [-0.1, -0.05) is 48.6 Å². The minimum atomic E-state index is -0.985. The lowest BCUT2D eigenvalue weighted by atomic mass is 9.82. The van der Waals surface area contributed by atoms with Crippen LogP contribution in [0.5, 0.6) is 0 Å². The standard InChI is InChI=1S/C31H30N2O6S/c1-2-39-31(38)21-15-17-22(18-16-21)32-29(35)27(20-9-4-3-5-10-20)40-24-12-8-11-23(19-24)33-28(34)25-13-6-7-14-26(25)30(36)37/h3-12,15-19,25-27H,2,13-14H2,1H3,(H,32,35)(H,33,34)(H,36,37). The van der Waals surface area contributed by atoms with Crippen molar-refractivity contribution in [1.29, 1.82) is 0 Å². The van der Waals surface area contributed by atoms with Crippen molar-refractivity contribution in [2.75, 3.05) is 17.2 Å². The number of aliphatic carboxylic acids is 1. The molecule has 0 aromatic heterocycles. The Morgan fingerprint density at radius 3 is 2.25 bits per heavy atom. The van der Waals surface area contributed by atoms with Crippen LogP contribution in [-0.4, -0.2) is 35.5 Å². The summed E-state index contributed by atoms with van der Waals surface area (Å²) in [6.07, 6.45) is 4.32. The SMILES string of the molecule is CCOC(=O)c1ccc(NC(=O)C(Sc2cccc(NC(=O)C3CC=CCC3C(=O)O)c2)c2ccccc2)cc1. The smallest absolute Gasteiger partial charge is 0.338 e. The molecule has 0 saturated carbocycles. The van der Waals surface area contributed by atoms with Crippen LogP contribution in [0.3, 0.4) is 0 Å². The summed E-state index contributed by atoms with van der Waals surface area (Å²) >= 11 is 1.32. The van der Waals surface area contributed by atoms with Crippen LogP contribution in [-0.2, 0) is 19.1 Å². The third kappa shape index (κ3) is 7.39. The normalized spacial score (nSPS) is 16.9. The quantitative estimate of drug-likeness (QED) is 0.160. The number of anilines is 2. The molecule has 3 aromatic rings. The minimum Gasteiger partial charge on any atom is -0.481 e. The highest BCUT2D eigenvalue weighted by atomic mass is 32.2. The summed E-state index contributed by atoms with van der Waals surface area (Å²) < 4.78 is 5.01. The summed E-state index contributed by atoms with van der Waals surface area (Å²) in [4.78, 5) is 50.7. The van der Waals surface area contributed by atoms with Crippen LogP contribution in [0.15, 0.2) is 95.9 Å². The number of carboxylic acid groups (broad SMARTS) is 1. The van der Waals surface area contributed by atoms with E-state index in [4.69, 9.17) is 4.74 Å². The molecule has 3 unspecified atom stereocenters. The van der Waals surface area contributed by atoms with E-state index in [0.717, 1.165) is 10.5 Å². The lowest BCUT2D eigenvalue weighted by Gasteiger charge is -2.24. The number of thioether (sulfide) groups is 1. The molecule has 40 heavy (non-hydrogen) atoms. The maximum atomic E-state index is 13.5. The van der Waals surface area contributed by atoms with Gasteiger partial charge in [0.05, 0.1) is 24.0 Å². The Morgan fingerprint density at radius 1 is 0.875 bits per heavy atom. The van der Waals surface area contributed by atoms with Gasteiger partial charge in [-0.25, -0.2) is 4.79 Å². The number of carboxylic acids is 1. The molecule has 0 spiro atoms. The van der Waals surface area contributed by atoms with Gasteiger partial charge in [-0.05, 0) is 67.8 Å². The molecule has 0 aliphatic heterocycles. The lowest BCUT2D eigenvalue weighted by molar-refractivity contribution is -0.146. The first-order valence-electron chi connectivity index (χ1n) is 12.9. The van der Waals surface area contributed by atoms with Gasteiger partial charge in [0.15, 0.2) is 0 Å². The topological polar surface area (TPSA) is 122 Å². The number of esters is 1. The van der Waals surface area contributed by atoms with E-state index in [9.17, 15) is 24.3 Å². The Morgan fingerprint density at radius 2 is 1.57 bits per heavy atom. The number of allylic oxidation sites excluding steroid dienone is 2. The van der Waals surface area contributed by atoms with Crippen molar-refractivity contribution >= 4 is 46.9 Å². The second-order valence-electron chi connectivity index (χ2n) is 9.21. The first-order chi connectivity index (χ1) is 19.4. The zero-order chi connectivity index (χ0) is 28.5. The molecule has 3 N–H and O–H groups in total. The third-order valence-electron chi connectivity index (χ3n) is 6.45. The van der Waals surface area contributed by atoms with Crippen molar-refractivity contribution in [1.82, 2.24) is 0 Å². The Kier molecular flexibility index (Phi) is 9.75. The fourth-order valence-corrected chi connectivity index (χ4v) is 5.49. The fourth-order valence-electron chi connectivity index (χ4n) is 4.41. The van der Waals surface area contributed by atoms with E-state index in [1.165, 1.54) is 11.8 Å². The van der Waals surface area contributed by atoms with E-state index < -0.39 is 29.0 Å². The van der Waals surface area contributed by atoms with Crippen molar-refractivity contribution in [2.24, 2.45) is 11.8 Å². The van der Waals surface area contributed by atoms with Crippen molar-refractivity contribution < 1.29 is 29.0 Å². The molecule has 3 aromatic carbocycles. The zero-order valence-corrected chi connectivity index (χ0v) is 22.7. The summed E-state index contributed by atoms with van der Waals surface area (Å²) in [5.41, 5.74) is 2.25. The molecule has 9 heteroatoms. The molecule has 0 saturated heterocycles. The van der Waals surface area contributed by atoms with E-state index in [-0.39, 0.29) is 18.4 Å². The van der Waals surface area contributed by atoms with Gasteiger partial charge in [-0.2, -0.15) is 0 Å². The number of carbonyl (C=O) groups is 4. The predicted octanol–water partition coefficient (Wildman–Crippen LogP) is 5.94. The van der Waals surface area contributed by atoms with E-state index in [0.29, 0.717) is 29.8 Å². The molecular formula is C31H30N2O6S. The van der Waals surface area contributed by atoms with Crippen molar-refractivity contribution in [2.45, 2.75) is 29.9 Å². The Bertz CT molecular complexity index is 1390. The van der Waals surface area contributed by atoms with Gasteiger partial charge < -0.3 is 20.5 Å². The molecule has 8 nitrogen and oxygen atoms in total. The van der Waals surface area contributed by atoms with Gasteiger partial charge in [0, 0.05) is 16.3 Å². The van der Waals surface area contributed by atoms with Crippen molar-refractivity contribution in [3.05, 3.63) is 102 Å². The van der Waals surface area contributed by atoms with Crippen LogP contribution in [0.25, 0.3) is 0 Å². The molecule has 1 aliphatic carbocycles. The van der Waals surface area contributed by atoms with Crippen molar-refractivity contribution in [3.8, 4) is 0 Å². The monoisotopic (exact) mass is 558 g/mol. The van der Waals surface area contributed by atoms with Gasteiger partial charge in [0.25, 0.3) is 0 Å². The Labute approximate surface area is 236 Å². The van der Waals surface area contributed by atoms with Crippen LogP contribution < -0.4 is 10.6 Å². The molecule has 1 aliphatic rings. The minimum absolute atomic E-state index is 0.257. The number of amides is 2. The molecule has 2 amide bonds. The van der Waals surface area contributed by atoms with Gasteiger partial charge in [-0.15, -0.1) is 11.8 Å². The first kappa shape index (κ1) is 28.6. The highest BCUT2D eigenvalue weighted by Gasteiger charge is 2.34. The van der Waals surface area contributed by atoms with Crippen LogP contribution in [0, 0.1) is 11.8 Å². The van der Waals surface area contributed by atoms with Gasteiger partial charge in [0.2, 0.25) is 11.8 Å². The van der Waals surface area contributed by atoms with Gasteiger partial charge >= 0.3 is 11.9 Å². The number of benzene rings is 3. The highest BCUT2D eigenvalue weighted by Crippen LogP contribution is 2.37. The molecule has 0 fully saturated rings. The third-order valence-corrected chi connectivity index (χ3v) is 7.69.